The van der Waals surface area contributed by atoms with E-state index >= 15 is 0 Å². The Kier molecular flexibility index (Phi) is 10.7. The second-order valence-electron chi connectivity index (χ2n) is 13.2. The molecule has 248 valence electrons. The third-order valence-electron chi connectivity index (χ3n) is 8.69. The molecule has 0 spiro atoms. The van der Waals surface area contributed by atoms with Crippen molar-refractivity contribution in [1.29, 1.82) is 0 Å². The Hall–Kier alpha value is -4.63. The van der Waals surface area contributed by atoms with Gasteiger partial charge in [0.15, 0.2) is 0 Å². The summed E-state index contributed by atoms with van der Waals surface area (Å²) in [6, 6.07) is 22.2. The van der Waals surface area contributed by atoms with E-state index in [-0.39, 0.29) is 12.5 Å². The van der Waals surface area contributed by atoms with E-state index in [2.05, 4.69) is 45.2 Å². The zero-order chi connectivity index (χ0) is 33.6. The molecule has 3 aromatic carbocycles. The number of aromatic nitrogens is 1. The van der Waals surface area contributed by atoms with Gasteiger partial charge in [0.25, 0.3) is 0 Å². The molecule has 47 heavy (non-hydrogen) atoms. The molecule has 1 aliphatic rings. The fourth-order valence-electron chi connectivity index (χ4n) is 6.37. The van der Waals surface area contributed by atoms with Crippen LogP contribution in [0.5, 0.6) is 0 Å². The molecule has 9 nitrogen and oxygen atoms in total. The highest BCUT2D eigenvalue weighted by atomic mass is 16.6. The molecule has 2 unspecified atom stereocenters. The topological polar surface area (TPSA) is 122 Å². The van der Waals surface area contributed by atoms with Crippen LogP contribution in [0.4, 0.5) is 4.79 Å². The number of benzene rings is 3. The number of alkyl carbamates (subject to hydrolysis) is 1. The lowest BCUT2D eigenvalue weighted by Gasteiger charge is -2.28. The zero-order valence-corrected chi connectivity index (χ0v) is 27.9. The predicted octanol–water partition coefficient (Wildman–Crippen LogP) is 6.39. The van der Waals surface area contributed by atoms with Gasteiger partial charge in [0.2, 0.25) is 5.91 Å². The van der Waals surface area contributed by atoms with Gasteiger partial charge in [0, 0.05) is 28.9 Å². The number of aromatic amines is 1. The van der Waals surface area contributed by atoms with E-state index in [0.717, 1.165) is 51.7 Å². The number of hydrogen-bond acceptors (Lipinski definition) is 6. The summed E-state index contributed by atoms with van der Waals surface area (Å²) in [6.45, 7) is 8.18. The molecule has 0 aliphatic heterocycles. The van der Waals surface area contributed by atoms with Crippen LogP contribution in [-0.4, -0.2) is 60.8 Å². The van der Waals surface area contributed by atoms with E-state index in [4.69, 9.17) is 9.47 Å². The van der Waals surface area contributed by atoms with Crippen LogP contribution >= 0.6 is 0 Å². The van der Waals surface area contributed by atoms with Gasteiger partial charge in [0.1, 0.15) is 24.3 Å². The molecule has 4 N–H and O–H groups in total. The Bertz CT molecular complexity index is 1660. The summed E-state index contributed by atoms with van der Waals surface area (Å²) in [7, 11) is 1.87. The van der Waals surface area contributed by atoms with Crippen LogP contribution in [0, 0.1) is 0 Å². The Morgan fingerprint density at radius 1 is 0.872 bits per heavy atom. The number of fused-ring (bicyclic) bond motifs is 4. The average Bonchev–Trinajstić information content (AvgIpc) is 3.62. The molecule has 3 atom stereocenters. The zero-order valence-electron chi connectivity index (χ0n) is 27.9. The number of hydrogen-bond donors (Lipinski definition) is 4. The lowest BCUT2D eigenvalue weighted by atomic mass is 9.92. The molecule has 1 aromatic heterocycles. The number of esters is 1. The minimum Gasteiger partial charge on any atom is -0.458 e. The summed E-state index contributed by atoms with van der Waals surface area (Å²) in [5.41, 5.74) is 5.52. The van der Waals surface area contributed by atoms with Crippen LogP contribution in [0.25, 0.3) is 22.0 Å². The SMILES string of the molecule is CNCCCCC(NC(=O)C(NC(=O)OCC1c2ccccc2-c2ccccc21)[C@@H](C)c1c[nH]c2ccccc12)C(=O)OC(C)(C)C. The summed E-state index contributed by atoms with van der Waals surface area (Å²) in [6.07, 6.45) is 3.09. The van der Waals surface area contributed by atoms with Gasteiger partial charge in [-0.05, 0) is 87.5 Å². The molecule has 0 bridgehead atoms. The normalized spacial score (nSPS) is 14.5. The van der Waals surface area contributed by atoms with Crippen LogP contribution in [0.15, 0.2) is 79.0 Å². The Labute approximate surface area is 276 Å². The Morgan fingerprint density at radius 2 is 1.51 bits per heavy atom. The lowest BCUT2D eigenvalue weighted by molar-refractivity contribution is -0.159. The summed E-state index contributed by atoms with van der Waals surface area (Å²) >= 11 is 0. The Morgan fingerprint density at radius 3 is 2.17 bits per heavy atom. The molecular weight excluding hydrogens is 592 g/mol. The predicted molar refractivity (Wildman–Crippen MR) is 184 cm³/mol. The van der Waals surface area contributed by atoms with Crippen LogP contribution in [0.1, 0.15) is 75.5 Å². The van der Waals surface area contributed by atoms with E-state index in [1.807, 2.05) is 68.7 Å². The maximum atomic E-state index is 14.1. The van der Waals surface area contributed by atoms with Gasteiger partial charge in [-0.15, -0.1) is 0 Å². The highest BCUT2D eigenvalue weighted by Gasteiger charge is 2.35. The van der Waals surface area contributed by atoms with Gasteiger partial charge in [-0.2, -0.15) is 0 Å². The molecule has 0 radical (unpaired) electrons. The van der Waals surface area contributed by atoms with Crippen molar-refractivity contribution in [3.8, 4) is 11.1 Å². The standard InChI is InChI=1S/C38H46N4O5/c1-24(30-22-40-32-19-11-10-18-29(30)32)34(35(43)41-33(20-12-13-21-39-5)36(44)47-38(2,3)4)42-37(45)46-23-31-27-16-8-6-14-25(27)26-15-7-9-17-28(26)31/h6-11,14-19,22,24,31,33-34,39-40H,12-13,20-21,23H2,1-5H3,(H,41,43)(H,42,45)/t24-,33?,34?/m0/s1. The van der Waals surface area contributed by atoms with Gasteiger partial charge in [-0.1, -0.05) is 73.7 Å². The quantitative estimate of drug-likeness (QED) is 0.0994. The van der Waals surface area contributed by atoms with E-state index in [1.54, 1.807) is 20.8 Å². The second-order valence-corrected chi connectivity index (χ2v) is 13.2. The van der Waals surface area contributed by atoms with Crippen LogP contribution in [-0.2, 0) is 19.1 Å². The first kappa shape index (κ1) is 33.7. The number of nitrogens with one attached hydrogen (secondary N) is 4. The largest absolute Gasteiger partial charge is 0.458 e. The summed E-state index contributed by atoms with van der Waals surface area (Å²) in [5, 5.41) is 9.84. The lowest BCUT2D eigenvalue weighted by Crippen LogP contribution is -2.54. The van der Waals surface area contributed by atoms with Gasteiger partial charge in [-0.25, -0.2) is 9.59 Å². The third-order valence-corrected chi connectivity index (χ3v) is 8.69. The van der Waals surface area contributed by atoms with Crippen molar-refractivity contribution in [3.05, 3.63) is 95.7 Å². The molecule has 9 heteroatoms. The van der Waals surface area contributed by atoms with E-state index in [0.29, 0.717) is 12.8 Å². The van der Waals surface area contributed by atoms with Crippen molar-refractivity contribution in [1.82, 2.24) is 20.9 Å². The van der Waals surface area contributed by atoms with Gasteiger partial charge in [0.05, 0.1) is 0 Å². The maximum absolute atomic E-state index is 14.1. The van der Waals surface area contributed by atoms with Crippen LogP contribution < -0.4 is 16.0 Å². The van der Waals surface area contributed by atoms with E-state index in [1.165, 1.54) is 0 Å². The first-order valence-corrected chi connectivity index (χ1v) is 16.4. The van der Waals surface area contributed by atoms with E-state index < -0.39 is 41.6 Å². The van der Waals surface area contributed by atoms with Crippen molar-refractivity contribution in [2.75, 3.05) is 20.2 Å². The molecular formula is C38H46N4O5. The molecule has 5 rings (SSSR count). The van der Waals surface area contributed by atoms with Gasteiger partial charge >= 0.3 is 12.1 Å². The molecule has 0 fully saturated rings. The maximum Gasteiger partial charge on any atom is 0.407 e. The number of carbonyl (C=O) groups excluding carboxylic acids is 3. The van der Waals surface area contributed by atoms with Gasteiger partial charge < -0.3 is 30.4 Å². The molecule has 2 amide bonds. The fourth-order valence-corrected chi connectivity index (χ4v) is 6.37. The van der Waals surface area contributed by atoms with Crippen molar-refractivity contribution >= 4 is 28.9 Å². The highest BCUT2D eigenvalue weighted by molar-refractivity contribution is 5.92. The summed E-state index contributed by atoms with van der Waals surface area (Å²) in [5.74, 6) is -1.58. The van der Waals surface area contributed by atoms with Crippen LogP contribution in [0.2, 0.25) is 0 Å². The van der Waals surface area contributed by atoms with Crippen LogP contribution in [0.3, 0.4) is 0 Å². The number of unbranched alkanes of at least 4 members (excludes halogenated alkanes) is 1. The van der Waals surface area contributed by atoms with Crippen molar-refractivity contribution < 1.29 is 23.9 Å². The van der Waals surface area contributed by atoms with Gasteiger partial charge in [-0.3, -0.25) is 4.79 Å². The average molecular weight is 639 g/mol. The molecule has 0 saturated heterocycles. The molecule has 0 saturated carbocycles. The Balaban J connectivity index is 1.36. The number of carbonyl (C=O) groups is 3. The first-order chi connectivity index (χ1) is 22.6. The molecule has 4 aromatic rings. The minimum absolute atomic E-state index is 0.113. The number of para-hydroxylation sites is 1. The second kappa shape index (κ2) is 14.9. The van der Waals surface area contributed by atoms with Crippen molar-refractivity contribution in [3.63, 3.8) is 0 Å². The monoisotopic (exact) mass is 638 g/mol. The number of rotatable bonds is 13. The highest BCUT2D eigenvalue weighted by Crippen LogP contribution is 2.44. The summed E-state index contributed by atoms with van der Waals surface area (Å²) in [4.78, 5) is 44.1. The van der Waals surface area contributed by atoms with Crippen molar-refractivity contribution in [2.24, 2.45) is 0 Å². The number of ether oxygens (including phenoxy) is 2. The molecule has 1 heterocycles. The molecule has 1 aliphatic carbocycles. The number of amides is 2. The minimum atomic E-state index is -1.04. The van der Waals surface area contributed by atoms with E-state index in [9.17, 15) is 14.4 Å². The number of H-pyrrole nitrogens is 1. The summed E-state index contributed by atoms with van der Waals surface area (Å²) < 4.78 is 11.5. The third kappa shape index (κ3) is 8.03. The van der Waals surface area contributed by atoms with Crippen molar-refractivity contribution in [2.45, 2.75) is 76.5 Å². The fraction of sp³-hybridized carbons (Fsp3) is 0.395. The smallest absolute Gasteiger partial charge is 0.407 e. The first-order valence-electron chi connectivity index (χ1n) is 16.4.